The highest BCUT2D eigenvalue weighted by atomic mass is 28.2. The molecule has 2 heteroatoms. The first-order chi connectivity index (χ1) is 14.7. The molecular formula is C28H27NSi. The Morgan fingerprint density at radius 3 is 1.63 bits per heavy atom. The lowest BCUT2D eigenvalue weighted by molar-refractivity contribution is 0.733. The fourth-order valence-corrected chi connectivity index (χ4v) is 4.62. The molecule has 4 aromatic rings. The van der Waals surface area contributed by atoms with Gasteiger partial charge in [-0.05, 0) is 54.3 Å². The molecule has 0 aliphatic carbocycles. The number of hydrogen-bond donors (Lipinski definition) is 0. The number of benzene rings is 4. The largest absolute Gasteiger partial charge is 0.311 e. The van der Waals surface area contributed by atoms with Crippen molar-refractivity contribution in [2.24, 2.45) is 0 Å². The maximum Gasteiger partial charge on any atom is 0.121 e. The lowest BCUT2D eigenvalue weighted by Gasteiger charge is -2.26. The molecule has 1 unspecified atom stereocenters. The number of para-hydroxylation sites is 1. The molecule has 0 fully saturated rings. The molecule has 0 saturated heterocycles. The van der Waals surface area contributed by atoms with Crippen LogP contribution in [-0.4, -0.2) is 9.52 Å². The summed E-state index contributed by atoms with van der Waals surface area (Å²) in [5.41, 5.74) is 4.94. The topological polar surface area (TPSA) is 3.24 Å². The summed E-state index contributed by atoms with van der Waals surface area (Å²) in [6.07, 6.45) is 1.16. The quantitative estimate of drug-likeness (QED) is 0.325. The Hall–Kier alpha value is -3.10. The predicted molar refractivity (Wildman–Crippen MR) is 131 cm³/mol. The van der Waals surface area contributed by atoms with Gasteiger partial charge in [-0.2, -0.15) is 0 Å². The van der Waals surface area contributed by atoms with Crippen molar-refractivity contribution in [2.45, 2.75) is 26.2 Å². The van der Waals surface area contributed by atoms with Gasteiger partial charge in [0, 0.05) is 17.1 Å². The third kappa shape index (κ3) is 4.72. The highest BCUT2D eigenvalue weighted by Crippen LogP contribution is 2.34. The van der Waals surface area contributed by atoms with Gasteiger partial charge in [-0.15, -0.1) is 0 Å². The highest BCUT2D eigenvalue weighted by molar-refractivity contribution is 6.67. The summed E-state index contributed by atoms with van der Waals surface area (Å²) < 4.78 is 0. The van der Waals surface area contributed by atoms with E-state index in [0.29, 0.717) is 15.4 Å². The minimum absolute atomic E-state index is 0.586. The van der Waals surface area contributed by atoms with Gasteiger partial charge in [-0.3, -0.25) is 0 Å². The fraction of sp³-hybridized carbons (Fsp3) is 0.143. The van der Waals surface area contributed by atoms with Crippen molar-refractivity contribution in [3.8, 4) is 0 Å². The second-order valence-corrected chi connectivity index (χ2v) is 9.01. The molecule has 148 valence electrons. The average Bonchev–Trinajstić information content (AvgIpc) is 2.82. The SMILES string of the molecule is CCC(C)c1ccc(N(c2ccccc2)c2ccc([Si]c3ccccc3)cc2)cc1. The van der Waals surface area contributed by atoms with E-state index < -0.39 is 0 Å². The normalized spacial score (nSPS) is 11.8. The lowest BCUT2D eigenvalue weighted by Crippen LogP contribution is -2.26. The summed E-state index contributed by atoms with van der Waals surface area (Å²) in [6, 6.07) is 39.3. The zero-order valence-electron chi connectivity index (χ0n) is 17.6. The van der Waals surface area contributed by atoms with E-state index in [9.17, 15) is 0 Å². The summed E-state index contributed by atoms with van der Waals surface area (Å²) in [6.45, 7) is 4.53. The molecule has 2 radical (unpaired) electrons. The molecule has 0 amide bonds. The molecular weight excluding hydrogens is 378 g/mol. The van der Waals surface area contributed by atoms with Gasteiger partial charge in [0.25, 0.3) is 0 Å². The van der Waals surface area contributed by atoms with Gasteiger partial charge in [0.15, 0.2) is 0 Å². The smallest absolute Gasteiger partial charge is 0.121 e. The summed E-state index contributed by atoms with van der Waals surface area (Å²) >= 11 is 0. The molecule has 0 aliphatic heterocycles. The van der Waals surface area contributed by atoms with Gasteiger partial charge in [0.2, 0.25) is 0 Å². The monoisotopic (exact) mass is 405 g/mol. The van der Waals surface area contributed by atoms with Crippen LogP contribution in [0.3, 0.4) is 0 Å². The van der Waals surface area contributed by atoms with E-state index >= 15 is 0 Å². The van der Waals surface area contributed by atoms with Gasteiger partial charge in [-0.25, -0.2) is 0 Å². The van der Waals surface area contributed by atoms with E-state index in [0.717, 1.165) is 6.42 Å². The van der Waals surface area contributed by atoms with Crippen molar-refractivity contribution in [3.05, 3.63) is 115 Å². The van der Waals surface area contributed by atoms with E-state index in [1.54, 1.807) is 0 Å². The van der Waals surface area contributed by atoms with Crippen molar-refractivity contribution < 1.29 is 0 Å². The van der Waals surface area contributed by atoms with Gasteiger partial charge in [0.05, 0.1) is 0 Å². The van der Waals surface area contributed by atoms with Crippen molar-refractivity contribution in [2.75, 3.05) is 4.90 Å². The Bertz CT molecular complexity index is 1040. The lowest BCUT2D eigenvalue weighted by atomic mass is 9.98. The van der Waals surface area contributed by atoms with Crippen LogP contribution in [-0.2, 0) is 0 Å². The Labute approximate surface area is 182 Å². The molecule has 4 rings (SSSR count). The number of rotatable bonds is 7. The standard InChI is InChI=1S/C28H27NSi/c1-3-22(2)23-14-16-25(17-15-23)29(24-10-6-4-7-11-24)26-18-20-28(21-19-26)30-27-12-8-5-9-13-27/h4-22H,3H2,1-2H3. The minimum atomic E-state index is 0.586. The summed E-state index contributed by atoms with van der Waals surface area (Å²) in [5, 5.41) is 2.72. The van der Waals surface area contributed by atoms with Crippen LogP contribution in [0.4, 0.5) is 17.1 Å². The molecule has 0 heterocycles. The molecule has 0 aromatic heterocycles. The van der Waals surface area contributed by atoms with Gasteiger partial charge in [-0.1, -0.05) is 97.0 Å². The minimum Gasteiger partial charge on any atom is -0.311 e. The van der Waals surface area contributed by atoms with Gasteiger partial charge in [0.1, 0.15) is 9.52 Å². The van der Waals surface area contributed by atoms with Crippen LogP contribution in [0.1, 0.15) is 31.7 Å². The zero-order chi connectivity index (χ0) is 20.8. The Kier molecular flexibility index (Phi) is 6.46. The first-order valence-corrected chi connectivity index (χ1v) is 11.6. The first kappa shape index (κ1) is 20.2. The molecule has 0 spiro atoms. The maximum absolute atomic E-state index is 2.33. The average molecular weight is 406 g/mol. The number of anilines is 3. The van der Waals surface area contributed by atoms with Crippen LogP contribution in [0.2, 0.25) is 0 Å². The molecule has 0 saturated carbocycles. The molecule has 1 nitrogen and oxygen atoms in total. The summed E-state index contributed by atoms with van der Waals surface area (Å²) in [7, 11) is 0.676. The van der Waals surface area contributed by atoms with Crippen LogP contribution >= 0.6 is 0 Å². The van der Waals surface area contributed by atoms with Crippen LogP contribution in [0.15, 0.2) is 109 Å². The van der Waals surface area contributed by atoms with Crippen LogP contribution in [0.5, 0.6) is 0 Å². The van der Waals surface area contributed by atoms with E-state index in [-0.39, 0.29) is 0 Å². The van der Waals surface area contributed by atoms with Gasteiger partial charge < -0.3 is 4.90 Å². The Morgan fingerprint density at radius 2 is 1.07 bits per heavy atom. The van der Waals surface area contributed by atoms with Crippen molar-refractivity contribution >= 4 is 37.0 Å². The van der Waals surface area contributed by atoms with Crippen molar-refractivity contribution in [3.63, 3.8) is 0 Å². The van der Waals surface area contributed by atoms with Crippen LogP contribution in [0.25, 0.3) is 0 Å². The highest BCUT2D eigenvalue weighted by Gasteiger charge is 2.13. The van der Waals surface area contributed by atoms with E-state index in [1.165, 1.54) is 33.0 Å². The second-order valence-electron chi connectivity index (χ2n) is 7.61. The summed E-state index contributed by atoms with van der Waals surface area (Å²) in [5.74, 6) is 0.586. The Balaban J connectivity index is 1.65. The van der Waals surface area contributed by atoms with Crippen LogP contribution in [0, 0.1) is 0 Å². The predicted octanol–water partition coefficient (Wildman–Crippen LogP) is 6.32. The van der Waals surface area contributed by atoms with E-state index in [2.05, 4.69) is 128 Å². The number of nitrogens with zero attached hydrogens (tertiary/aromatic N) is 1. The van der Waals surface area contributed by atoms with Crippen LogP contribution < -0.4 is 15.3 Å². The molecule has 4 aromatic carbocycles. The van der Waals surface area contributed by atoms with Crippen molar-refractivity contribution in [1.29, 1.82) is 0 Å². The van der Waals surface area contributed by atoms with E-state index in [4.69, 9.17) is 0 Å². The Morgan fingerprint density at radius 1 is 0.600 bits per heavy atom. The number of hydrogen-bond acceptors (Lipinski definition) is 1. The molecule has 1 atom stereocenters. The molecule has 0 aliphatic rings. The van der Waals surface area contributed by atoms with Gasteiger partial charge >= 0.3 is 0 Å². The first-order valence-electron chi connectivity index (χ1n) is 10.6. The summed E-state index contributed by atoms with van der Waals surface area (Å²) in [4.78, 5) is 2.33. The third-order valence-corrected chi connectivity index (χ3v) is 6.78. The fourth-order valence-electron chi connectivity index (χ4n) is 3.59. The molecule has 0 N–H and O–H groups in total. The maximum atomic E-state index is 2.33. The van der Waals surface area contributed by atoms with E-state index in [1.807, 2.05) is 0 Å². The molecule has 0 bridgehead atoms. The second kappa shape index (κ2) is 9.60. The third-order valence-electron chi connectivity index (χ3n) is 5.54. The van der Waals surface area contributed by atoms with Crippen molar-refractivity contribution in [1.82, 2.24) is 0 Å². The zero-order valence-corrected chi connectivity index (χ0v) is 18.6. The molecule has 30 heavy (non-hydrogen) atoms.